The molecule has 1 heterocycles. The number of rotatable bonds is 2. The van der Waals surface area contributed by atoms with Crippen LogP contribution in [0.15, 0.2) is 30.4 Å². The van der Waals surface area contributed by atoms with Crippen molar-refractivity contribution in [2.24, 2.45) is 17.8 Å². The number of benzene rings is 1. The molecule has 3 atom stereocenters. The number of halogens is 2. The second-order valence-electron chi connectivity index (χ2n) is 5.74. The van der Waals surface area contributed by atoms with Crippen LogP contribution in [0.3, 0.4) is 0 Å². The van der Waals surface area contributed by atoms with Crippen LogP contribution in [0.5, 0.6) is 0 Å². The van der Waals surface area contributed by atoms with E-state index in [1.807, 2.05) is 19.1 Å². The summed E-state index contributed by atoms with van der Waals surface area (Å²) in [5.74, 6) is -2.17. The molecule has 3 amide bonds. The van der Waals surface area contributed by atoms with Gasteiger partial charge in [0.1, 0.15) is 0 Å². The van der Waals surface area contributed by atoms with Crippen LogP contribution in [0.1, 0.15) is 23.7 Å². The van der Waals surface area contributed by atoms with E-state index < -0.39 is 17.7 Å². The van der Waals surface area contributed by atoms with Gasteiger partial charge in [0.05, 0.1) is 21.9 Å². The van der Waals surface area contributed by atoms with Crippen LogP contribution in [0, 0.1) is 17.8 Å². The lowest BCUT2D eigenvalue weighted by Gasteiger charge is -2.22. The van der Waals surface area contributed by atoms with Crippen molar-refractivity contribution >= 4 is 40.9 Å². The fraction of sp³-hybridized carbons (Fsp3) is 0.312. The van der Waals surface area contributed by atoms with Crippen LogP contribution in [0.2, 0.25) is 10.0 Å². The van der Waals surface area contributed by atoms with Gasteiger partial charge in [-0.25, -0.2) is 0 Å². The number of hydrogen-bond acceptors (Lipinski definition) is 3. The quantitative estimate of drug-likeness (QED) is 0.657. The minimum absolute atomic E-state index is 0.0305. The molecule has 0 unspecified atom stereocenters. The summed E-state index contributed by atoms with van der Waals surface area (Å²) in [5, 5.41) is 1.39. The molecular formula is C16H14Cl2N2O3. The van der Waals surface area contributed by atoms with Crippen molar-refractivity contribution < 1.29 is 14.4 Å². The number of allylic oxidation sites excluding steroid dienone is 2. The Bertz CT molecular complexity index is 732. The van der Waals surface area contributed by atoms with Crippen LogP contribution in [0.25, 0.3) is 0 Å². The smallest absolute Gasteiger partial charge is 0.270 e. The number of nitrogens with zero attached hydrogens (tertiary/aromatic N) is 1. The van der Waals surface area contributed by atoms with Crippen LogP contribution in [0.4, 0.5) is 0 Å². The summed E-state index contributed by atoms with van der Waals surface area (Å²) in [4.78, 5) is 37.1. The highest BCUT2D eigenvalue weighted by molar-refractivity contribution is 6.42. The topological polar surface area (TPSA) is 66.5 Å². The first-order chi connectivity index (χ1) is 10.9. The first kappa shape index (κ1) is 16.0. The number of hydrazine groups is 1. The Morgan fingerprint density at radius 2 is 1.96 bits per heavy atom. The molecular weight excluding hydrogens is 339 g/mol. The molecule has 0 spiro atoms. The van der Waals surface area contributed by atoms with Gasteiger partial charge < -0.3 is 0 Å². The Morgan fingerprint density at radius 1 is 1.22 bits per heavy atom. The van der Waals surface area contributed by atoms with Gasteiger partial charge in [-0.15, -0.1) is 0 Å². The lowest BCUT2D eigenvalue weighted by molar-refractivity contribution is -0.142. The SMILES string of the molecule is C[C@@H]1C=CC[C@H]2C(=O)N(NC(=O)c3ccc(Cl)c(Cl)c3)C(=O)[C@H]12. The largest absolute Gasteiger partial charge is 0.272 e. The molecule has 5 nitrogen and oxygen atoms in total. The van der Waals surface area contributed by atoms with E-state index in [9.17, 15) is 14.4 Å². The van der Waals surface area contributed by atoms with Gasteiger partial charge in [0, 0.05) is 5.56 Å². The molecule has 0 saturated carbocycles. The Labute approximate surface area is 143 Å². The molecule has 1 aromatic rings. The van der Waals surface area contributed by atoms with Gasteiger partial charge in [-0.2, -0.15) is 5.01 Å². The van der Waals surface area contributed by atoms with Crippen LogP contribution < -0.4 is 5.43 Å². The predicted molar refractivity (Wildman–Crippen MR) is 85.7 cm³/mol. The highest BCUT2D eigenvalue weighted by Gasteiger charge is 2.50. The van der Waals surface area contributed by atoms with E-state index in [0.717, 1.165) is 5.01 Å². The fourth-order valence-corrected chi connectivity index (χ4v) is 3.36. The van der Waals surface area contributed by atoms with Gasteiger partial charge in [-0.3, -0.25) is 19.8 Å². The lowest BCUT2D eigenvalue weighted by Crippen LogP contribution is -2.46. The summed E-state index contributed by atoms with van der Waals surface area (Å²) in [6.07, 6.45) is 4.34. The summed E-state index contributed by atoms with van der Waals surface area (Å²) < 4.78 is 0. The fourth-order valence-electron chi connectivity index (χ4n) is 3.06. The maximum atomic E-state index is 12.5. The first-order valence-corrected chi connectivity index (χ1v) is 7.96. The van der Waals surface area contributed by atoms with E-state index in [1.54, 1.807) is 0 Å². The molecule has 1 N–H and O–H groups in total. The van der Waals surface area contributed by atoms with Gasteiger partial charge in [0.25, 0.3) is 17.7 Å². The summed E-state index contributed by atoms with van der Waals surface area (Å²) >= 11 is 11.7. The maximum Gasteiger partial charge on any atom is 0.270 e. The standard InChI is InChI=1S/C16H14Cl2N2O3/c1-8-3-2-4-10-13(8)16(23)20(15(10)22)19-14(21)9-5-6-11(17)12(18)7-9/h2-3,5-8,10,13H,4H2,1H3,(H,19,21)/t8-,10-,13-/m1/s1. The molecule has 1 aliphatic heterocycles. The zero-order chi connectivity index (χ0) is 16.7. The summed E-state index contributed by atoms with van der Waals surface area (Å²) in [7, 11) is 0. The Hall–Kier alpha value is -1.85. The lowest BCUT2D eigenvalue weighted by atomic mass is 9.78. The second kappa shape index (κ2) is 5.98. The van der Waals surface area contributed by atoms with Crippen molar-refractivity contribution in [2.75, 3.05) is 0 Å². The van der Waals surface area contributed by atoms with Crippen molar-refractivity contribution in [3.05, 3.63) is 46.0 Å². The Kier molecular flexibility index (Phi) is 4.17. The summed E-state index contributed by atoms with van der Waals surface area (Å²) in [6.45, 7) is 1.89. The Morgan fingerprint density at radius 3 is 2.61 bits per heavy atom. The third-order valence-electron chi connectivity index (χ3n) is 4.27. The van der Waals surface area contributed by atoms with Crippen molar-refractivity contribution in [3.63, 3.8) is 0 Å². The summed E-state index contributed by atoms with van der Waals surface area (Å²) in [6, 6.07) is 4.35. The van der Waals surface area contributed by atoms with Crippen LogP contribution in [-0.4, -0.2) is 22.7 Å². The van der Waals surface area contributed by atoms with E-state index in [-0.39, 0.29) is 28.3 Å². The van der Waals surface area contributed by atoms with Gasteiger partial charge in [0.2, 0.25) is 0 Å². The molecule has 1 aromatic carbocycles. The highest BCUT2D eigenvalue weighted by Crippen LogP contribution is 2.37. The number of fused-ring (bicyclic) bond motifs is 1. The van der Waals surface area contributed by atoms with Gasteiger partial charge in [-0.05, 0) is 30.5 Å². The average molecular weight is 353 g/mol. The van der Waals surface area contributed by atoms with Gasteiger partial charge in [-0.1, -0.05) is 42.3 Å². The number of carbonyl (C=O) groups excluding carboxylic acids is 3. The van der Waals surface area contributed by atoms with Crippen LogP contribution >= 0.6 is 23.2 Å². The number of imide groups is 1. The average Bonchev–Trinajstić information content (AvgIpc) is 2.76. The van der Waals surface area contributed by atoms with E-state index in [2.05, 4.69) is 5.43 Å². The Balaban J connectivity index is 1.80. The molecule has 1 fully saturated rings. The molecule has 0 aromatic heterocycles. The molecule has 7 heteroatoms. The molecule has 2 aliphatic rings. The number of hydrogen-bond donors (Lipinski definition) is 1. The van der Waals surface area contributed by atoms with E-state index >= 15 is 0 Å². The number of amides is 3. The molecule has 0 bridgehead atoms. The molecule has 1 saturated heterocycles. The second-order valence-corrected chi connectivity index (χ2v) is 6.55. The maximum absolute atomic E-state index is 12.5. The van der Waals surface area contributed by atoms with Crippen LogP contribution in [-0.2, 0) is 9.59 Å². The van der Waals surface area contributed by atoms with E-state index in [1.165, 1.54) is 18.2 Å². The van der Waals surface area contributed by atoms with Crippen molar-refractivity contribution in [3.8, 4) is 0 Å². The van der Waals surface area contributed by atoms with Gasteiger partial charge >= 0.3 is 0 Å². The molecule has 1 aliphatic carbocycles. The minimum Gasteiger partial charge on any atom is -0.272 e. The summed E-state index contributed by atoms with van der Waals surface area (Å²) in [5.41, 5.74) is 2.61. The van der Waals surface area contributed by atoms with Crippen molar-refractivity contribution in [2.45, 2.75) is 13.3 Å². The van der Waals surface area contributed by atoms with Gasteiger partial charge in [0.15, 0.2) is 0 Å². The van der Waals surface area contributed by atoms with E-state index in [4.69, 9.17) is 23.2 Å². The zero-order valence-corrected chi connectivity index (χ0v) is 13.8. The molecule has 120 valence electrons. The monoisotopic (exact) mass is 352 g/mol. The predicted octanol–water partition coefficient (Wildman–Crippen LogP) is 2.84. The van der Waals surface area contributed by atoms with E-state index in [0.29, 0.717) is 11.4 Å². The minimum atomic E-state index is -0.579. The van der Waals surface area contributed by atoms with Crippen molar-refractivity contribution in [1.82, 2.24) is 10.4 Å². The number of carbonyl (C=O) groups is 3. The highest BCUT2D eigenvalue weighted by atomic mass is 35.5. The number of nitrogens with one attached hydrogen (secondary N) is 1. The molecule has 0 radical (unpaired) electrons. The zero-order valence-electron chi connectivity index (χ0n) is 12.3. The molecule has 23 heavy (non-hydrogen) atoms. The first-order valence-electron chi connectivity index (χ1n) is 7.20. The van der Waals surface area contributed by atoms with Crippen molar-refractivity contribution in [1.29, 1.82) is 0 Å². The third kappa shape index (κ3) is 2.75. The molecule has 3 rings (SSSR count). The normalized spacial score (nSPS) is 26.4. The third-order valence-corrected chi connectivity index (χ3v) is 5.01.